The molecule has 1 saturated carbocycles. The van der Waals surface area contributed by atoms with E-state index in [4.69, 9.17) is 0 Å². The lowest BCUT2D eigenvalue weighted by Crippen LogP contribution is -2.41. The van der Waals surface area contributed by atoms with Crippen molar-refractivity contribution < 1.29 is 19.5 Å². The molecule has 2 aliphatic rings. The number of likely N-dealkylation sites (tertiary alicyclic amines) is 1. The number of carbonyl (C=O) groups excluding carboxylic acids is 2. The number of hydrogen-bond acceptors (Lipinski definition) is 3. The molecule has 1 saturated heterocycles. The first-order chi connectivity index (χ1) is 10.5. The summed E-state index contributed by atoms with van der Waals surface area (Å²) in [7, 11) is 0. The summed E-state index contributed by atoms with van der Waals surface area (Å²) < 4.78 is 0. The summed E-state index contributed by atoms with van der Waals surface area (Å²) in [6.07, 6.45) is 8.60. The average molecular weight is 307 g/mol. The van der Waals surface area contributed by atoms with Crippen molar-refractivity contribution in [2.24, 2.45) is 11.8 Å². The minimum atomic E-state index is -0.921. The number of hydrogen-bond donors (Lipinski definition) is 1. The van der Waals surface area contributed by atoms with Crippen LogP contribution in [0.4, 0.5) is 0 Å². The molecule has 0 aromatic rings. The zero-order valence-corrected chi connectivity index (χ0v) is 13.2. The van der Waals surface area contributed by atoms with E-state index in [9.17, 15) is 19.5 Å². The highest BCUT2D eigenvalue weighted by Crippen LogP contribution is 2.35. The molecule has 0 spiro atoms. The number of ketones is 1. The second-order valence-corrected chi connectivity index (χ2v) is 6.27. The third-order valence-electron chi connectivity index (χ3n) is 4.83. The summed E-state index contributed by atoms with van der Waals surface area (Å²) in [4.78, 5) is 37.1. The molecule has 2 fully saturated rings. The largest absolute Gasteiger partial charge is 0.480 e. The minimum absolute atomic E-state index is 0.0663. The Labute approximate surface area is 131 Å². The minimum Gasteiger partial charge on any atom is -0.480 e. The summed E-state index contributed by atoms with van der Waals surface area (Å²) in [6, 6.07) is -0.678. The van der Waals surface area contributed by atoms with Crippen LogP contribution < -0.4 is 0 Å². The lowest BCUT2D eigenvalue weighted by atomic mass is 9.89. The predicted octanol–water partition coefficient (Wildman–Crippen LogP) is 2.40. The summed E-state index contributed by atoms with van der Waals surface area (Å²) in [5, 5.41) is 9.17. The van der Waals surface area contributed by atoms with Gasteiger partial charge in [-0.3, -0.25) is 9.59 Å². The Kier molecular flexibility index (Phi) is 5.75. The van der Waals surface area contributed by atoms with Crippen molar-refractivity contribution in [2.75, 3.05) is 6.54 Å². The number of Topliss-reactive ketones (excluding diaryl/α,β-unsaturated/α-hetero) is 1. The zero-order valence-electron chi connectivity index (χ0n) is 13.2. The van der Waals surface area contributed by atoms with Gasteiger partial charge < -0.3 is 10.0 Å². The fourth-order valence-electron chi connectivity index (χ4n) is 3.62. The molecule has 1 aliphatic carbocycles. The van der Waals surface area contributed by atoms with E-state index in [1.54, 1.807) is 0 Å². The monoisotopic (exact) mass is 307 g/mol. The summed E-state index contributed by atoms with van der Waals surface area (Å²) in [5.74, 6) is -0.784. The zero-order chi connectivity index (χ0) is 16.1. The van der Waals surface area contributed by atoms with Gasteiger partial charge in [-0.15, -0.1) is 0 Å². The van der Waals surface area contributed by atoms with Crippen molar-refractivity contribution in [3.8, 4) is 0 Å². The summed E-state index contributed by atoms with van der Waals surface area (Å²) >= 11 is 0. The summed E-state index contributed by atoms with van der Waals surface area (Å²) in [6.45, 7) is 2.57. The molecule has 3 atom stereocenters. The Morgan fingerprint density at radius 2 is 2.09 bits per heavy atom. The molecular weight excluding hydrogens is 282 g/mol. The highest BCUT2D eigenvalue weighted by Gasteiger charge is 2.39. The molecule has 5 nitrogen and oxygen atoms in total. The van der Waals surface area contributed by atoms with Crippen LogP contribution in [0.15, 0.2) is 12.2 Å². The average Bonchev–Trinajstić information content (AvgIpc) is 3.08. The van der Waals surface area contributed by atoms with E-state index in [2.05, 4.69) is 0 Å². The van der Waals surface area contributed by atoms with Gasteiger partial charge in [0.2, 0.25) is 5.91 Å². The van der Waals surface area contributed by atoms with Crippen LogP contribution in [-0.2, 0) is 14.4 Å². The molecule has 1 heterocycles. The number of allylic oxidation sites excluding steroid dienone is 2. The highest BCUT2D eigenvalue weighted by atomic mass is 16.4. The van der Waals surface area contributed by atoms with E-state index >= 15 is 0 Å². The van der Waals surface area contributed by atoms with Crippen LogP contribution in [0.2, 0.25) is 0 Å². The Hall–Kier alpha value is -1.65. The molecule has 1 aliphatic heterocycles. The molecule has 0 aromatic carbocycles. The maximum absolute atomic E-state index is 12.4. The van der Waals surface area contributed by atoms with Crippen LogP contribution in [0, 0.1) is 11.8 Å². The van der Waals surface area contributed by atoms with Crippen molar-refractivity contribution >= 4 is 17.7 Å². The van der Waals surface area contributed by atoms with Gasteiger partial charge in [-0.2, -0.15) is 0 Å². The number of aliphatic carboxylic acids is 1. The normalized spacial score (nSPS) is 28.7. The lowest BCUT2D eigenvalue weighted by molar-refractivity contribution is -0.148. The molecular formula is C17H25NO4. The van der Waals surface area contributed by atoms with Gasteiger partial charge in [-0.25, -0.2) is 4.79 Å². The molecule has 2 rings (SSSR count). The molecule has 22 heavy (non-hydrogen) atoms. The van der Waals surface area contributed by atoms with Gasteiger partial charge in [0.15, 0.2) is 0 Å². The SMILES string of the molecule is CC/C=C/C[C@H]1C(=O)CC[C@@H]1CC(=O)N1CCC[C@H]1C(=O)O. The maximum atomic E-state index is 12.4. The van der Waals surface area contributed by atoms with Gasteiger partial charge >= 0.3 is 5.97 Å². The van der Waals surface area contributed by atoms with Crippen molar-refractivity contribution in [2.45, 2.75) is 57.9 Å². The van der Waals surface area contributed by atoms with Gasteiger partial charge in [-0.1, -0.05) is 19.1 Å². The standard InChI is InChI=1S/C17H25NO4/c1-2-3-4-6-13-12(8-9-15(13)19)11-16(20)18-10-5-7-14(18)17(21)22/h3-4,12-14H,2,5-11H2,1H3,(H,21,22)/b4-3+/t12-,13-,14+/m1/s1. The molecule has 122 valence electrons. The summed E-state index contributed by atoms with van der Waals surface area (Å²) in [5.41, 5.74) is 0. The number of amides is 1. The van der Waals surface area contributed by atoms with Crippen LogP contribution in [0.5, 0.6) is 0 Å². The van der Waals surface area contributed by atoms with Gasteiger partial charge in [0.1, 0.15) is 11.8 Å². The van der Waals surface area contributed by atoms with Crippen LogP contribution in [0.3, 0.4) is 0 Å². The first kappa shape index (κ1) is 16.7. The molecule has 0 bridgehead atoms. The number of carboxylic acid groups (broad SMARTS) is 1. The first-order valence-electron chi connectivity index (χ1n) is 8.24. The van der Waals surface area contributed by atoms with Gasteiger partial charge in [0, 0.05) is 25.3 Å². The van der Waals surface area contributed by atoms with E-state index < -0.39 is 12.0 Å². The molecule has 1 N–H and O–H groups in total. The number of rotatable bonds is 6. The second-order valence-electron chi connectivity index (χ2n) is 6.27. The quantitative estimate of drug-likeness (QED) is 0.765. The molecule has 5 heteroatoms. The Morgan fingerprint density at radius 1 is 1.32 bits per heavy atom. The van der Waals surface area contributed by atoms with E-state index in [1.165, 1.54) is 4.90 Å². The molecule has 0 radical (unpaired) electrons. The fraction of sp³-hybridized carbons (Fsp3) is 0.706. The van der Waals surface area contributed by atoms with Crippen LogP contribution in [0.1, 0.15) is 51.9 Å². The Morgan fingerprint density at radius 3 is 2.77 bits per heavy atom. The first-order valence-corrected chi connectivity index (χ1v) is 8.24. The third kappa shape index (κ3) is 3.76. The smallest absolute Gasteiger partial charge is 0.326 e. The van der Waals surface area contributed by atoms with Crippen LogP contribution >= 0.6 is 0 Å². The third-order valence-corrected chi connectivity index (χ3v) is 4.83. The van der Waals surface area contributed by atoms with E-state index in [1.807, 2.05) is 19.1 Å². The van der Waals surface area contributed by atoms with Crippen molar-refractivity contribution in [3.63, 3.8) is 0 Å². The lowest BCUT2D eigenvalue weighted by Gasteiger charge is -2.24. The van der Waals surface area contributed by atoms with Crippen molar-refractivity contribution in [3.05, 3.63) is 12.2 Å². The Balaban J connectivity index is 1.96. The van der Waals surface area contributed by atoms with E-state index in [0.29, 0.717) is 32.2 Å². The van der Waals surface area contributed by atoms with Crippen molar-refractivity contribution in [1.29, 1.82) is 0 Å². The highest BCUT2D eigenvalue weighted by molar-refractivity contribution is 5.87. The van der Waals surface area contributed by atoms with Crippen LogP contribution in [-0.4, -0.2) is 40.3 Å². The van der Waals surface area contributed by atoms with E-state index in [0.717, 1.165) is 19.3 Å². The van der Waals surface area contributed by atoms with Crippen molar-refractivity contribution in [1.82, 2.24) is 4.90 Å². The van der Waals surface area contributed by atoms with Crippen LogP contribution in [0.25, 0.3) is 0 Å². The topological polar surface area (TPSA) is 74.7 Å². The predicted molar refractivity (Wildman–Crippen MR) is 82.3 cm³/mol. The van der Waals surface area contributed by atoms with Gasteiger partial charge in [0.05, 0.1) is 0 Å². The Bertz CT molecular complexity index is 471. The van der Waals surface area contributed by atoms with E-state index in [-0.39, 0.29) is 23.5 Å². The molecule has 0 unspecified atom stereocenters. The van der Waals surface area contributed by atoms with Gasteiger partial charge in [0.25, 0.3) is 0 Å². The number of carboxylic acids is 1. The second kappa shape index (κ2) is 7.56. The number of nitrogens with zero attached hydrogens (tertiary/aromatic N) is 1. The van der Waals surface area contributed by atoms with Gasteiger partial charge in [-0.05, 0) is 38.0 Å². The molecule has 0 aromatic heterocycles. The maximum Gasteiger partial charge on any atom is 0.326 e. The fourth-order valence-corrected chi connectivity index (χ4v) is 3.62. The molecule has 1 amide bonds. The number of carbonyl (C=O) groups is 3.